The first kappa shape index (κ1) is 21.3. The Balaban J connectivity index is 1.43. The van der Waals surface area contributed by atoms with Gasteiger partial charge in [-0.05, 0) is 44.5 Å². The van der Waals surface area contributed by atoms with Crippen molar-refractivity contribution in [1.29, 1.82) is 0 Å². The van der Waals surface area contributed by atoms with Gasteiger partial charge in [0.2, 0.25) is 0 Å². The number of anilines is 2. The number of aromatic nitrogens is 5. The Morgan fingerprint density at radius 2 is 2.00 bits per heavy atom. The van der Waals surface area contributed by atoms with Gasteiger partial charge in [-0.25, -0.2) is 14.5 Å². The molecule has 0 spiro atoms. The first-order valence-electron chi connectivity index (χ1n) is 10.9. The molecule has 0 radical (unpaired) electrons. The van der Waals surface area contributed by atoms with Crippen molar-refractivity contribution < 1.29 is 14.6 Å². The number of pyridine rings is 2. The number of rotatable bonds is 6. The molecule has 1 fully saturated rings. The molecule has 0 aromatic carbocycles. The van der Waals surface area contributed by atoms with Gasteiger partial charge in [-0.3, -0.25) is 4.98 Å². The van der Waals surface area contributed by atoms with E-state index < -0.39 is 5.60 Å². The lowest BCUT2D eigenvalue weighted by molar-refractivity contribution is -0.0117. The molecule has 1 aliphatic rings. The summed E-state index contributed by atoms with van der Waals surface area (Å²) in [6.07, 6.45) is 4.17. The van der Waals surface area contributed by atoms with E-state index >= 15 is 0 Å². The molecule has 0 saturated carbocycles. The van der Waals surface area contributed by atoms with Gasteiger partial charge in [0.25, 0.3) is 0 Å². The highest BCUT2D eigenvalue weighted by atomic mass is 16.5. The molecular formula is C24H26N6O3. The maximum atomic E-state index is 10.6. The molecule has 1 aliphatic heterocycles. The number of fused-ring (bicyclic) bond motifs is 1. The van der Waals surface area contributed by atoms with Gasteiger partial charge in [-0.1, -0.05) is 0 Å². The Morgan fingerprint density at radius 3 is 2.79 bits per heavy atom. The smallest absolute Gasteiger partial charge is 0.154 e. The average Bonchev–Trinajstić information content (AvgIpc) is 3.37. The zero-order valence-corrected chi connectivity index (χ0v) is 18.9. The van der Waals surface area contributed by atoms with Gasteiger partial charge in [0, 0.05) is 48.3 Å². The number of hydrogen-bond donors (Lipinski definition) is 2. The van der Waals surface area contributed by atoms with Crippen molar-refractivity contribution >= 4 is 17.2 Å². The van der Waals surface area contributed by atoms with Gasteiger partial charge in [0.1, 0.15) is 29.6 Å². The van der Waals surface area contributed by atoms with Crippen LogP contribution in [0.2, 0.25) is 0 Å². The Labute approximate surface area is 191 Å². The summed E-state index contributed by atoms with van der Waals surface area (Å²) < 4.78 is 13.1. The van der Waals surface area contributed by atoms with E-state index in [4.69, 9.17) is 9.47 Å². The SMILES string of the molecule is Cc1cc(-c2ccn3nc(Nc4cc(C)nc(C)n4)cc3c2)c(OC[C@@]2(O)CCOC2)cn1. The molecule has 0 unspecified atom stereocenters. The maximum absolute atomic E-state index is 10.6. The topological polar surface area (TPSA) is 107 Å². The summed E-state index contributed by atoms with van der Waals surface area (Å²) in [7, 11) is 0. The highest BCUT2D eigenvalue weighted by molar-refractivity contribution is 5.75. The standard InChI is InChI=1S/C24H26N6O3/c1-15-8-20(21(12-25-15)33-14-24(31)5-7-32-13-24)18-4-6-30-19(10-18)11-23(29-30)28-22-9-16(2)26-17(3)27-22/h4,6,8-12,31H,5,7,13-14H2,1-3H3,(H,26,27,28,29)/t24-/m1/s1. The number of hydrogen-bond acceptors (Lipinski definition) is 8. The minimum atomic E-state index is -0.962. The first-order chi connectivity index (χ1) is 15.9. The van der Waals surface area contributed by atoms with Crippen LogP contribution in [0, 0.1) is 20.8 Å². The normalized spacial score (nSPS) is 18.1. The van der Waals surface area contributed by atoms with Gasteiger partial charge in [-0.2, -0.15) is 5.10 Å². The van der Waals surface area contributed by atoms with Crippen LogP contribution in [0.25, 0.3) is 16.6 Å². The quantitative estimate of drug-likeness (QED) is 0.464. The van der Waals surface area contributed by atoms with Crippen molar-refractivity contribution in [2.75, 3.05) is 25.1 Å². The fourth-order valence-corrected chi connectivity index (χ4v) is 3.95. The van der Waals surface area contributed by atoms with Crippen LogP contribution in [0.3, 0.4) is 0 Å². The zero-order valence-electron chi connectivity index (χ0n) is 18.9. The summed E-state index contributed by atoms with van der Waals surface area (Å²) >= 11 is 0. The molecule has 9 heteroatoms. The van der Waals surface area contributed by atoms with Crippen LogP contribution < -0.4 is 10.1 Å². The lowest BCUT2D eigenvalue weighted by Gasteiger charge is -2.21. The van der Waals surface area contributed by atoms with Crippen molar-refractivity contribution in [2.24, 2.45) is 0 Å². The van der Waals surface area contributed by atoms with E-state index in [-0.39, 0.29) is 13.2 Å². The summed E-state index contributed by atoms with van der Waals surface area (Å²) in [6, 6.07) is 9.86. The lowest BCUT2D eigenvalue weighted by atomic mass is 10.0. The van der Waals surface area contributed by atoms with Crippen LogP contribution in [-0.2, 0) is 4.74 Å². The van der Waals surface area contributed by atoms with Crippen molar-refractivity contribution in [2.45, 2.75) is 32.8 Å². The van der Waals surface area contributed by atoms with E-state index in [1.54, 1.807) is 10.7 Å². The third-order valence-corrected chi connectivity index (χ3v) is 5.58. The van der Waals surface area contributed by atoms with Crippen molar-refractivity contribution in [3.63, 3.8) is 0 Å². The molecule has 1 atom stereocenters. The summed E-state index contributed by atoms with van der Waals surface area (Å²) in [5.74, 6) is 2.72. The summed E-state index contributed by atoms with van der Waals surface area (Å²) in [5.41, 5.74) is 3.61. The highest BCUT2D eigenvalue weighted by Gasteiger charge is 2.33. The van der Waals surface area contributed by atoms with Gasteiger partial charge >= 0.3 is 0 Å². The molecule has 33 heavy (non-hydrogen) atoms. The number of ether oxygens (including phenoxy) is 2. The number of aliphatic hydroxyl groups is 1. The molecule has 9 nitrogen and oxygen atoms in total. The van der Waals surface area contributed by atoms with E-state index in [0.29, 0.717) is 36.2 Å². The minimum Gasteiger partial charge on any atom is -0.488 e. The molecule has 4 aromatic heterocycles. The zero-order chi connectivity index (χ0) is 23.0. The number of nitrogens with zero attached hydrogens (tertiary/aromatic N) is 5. The molecule has 4 aromatic rings. The lowest BCUT2D eigenvalue weighted by Crippen LogP contribution is -2.36. The van der Waals surface area contributed by atoms with Crippen LogP contribution in [0.1, 0.15) is 23.6 Å². The molecule has 0 amide bonds. The predicted octanol–water partition coefficient (Wildman–Crippen LogP) is 3.39. The summed E-state index contributed by atoms with van der Waals surface area (Å²) in [6.45, 7) is 6.72. The highest BCUT2D eigenvalue weighted by Crippen LogP contribution is 2.32. The Bertz CT molecular complexity index is 1290. The van der Waals surface area contributed by atoms with Crippen LogP contribution in [0.5, 0.6) is 5.75 Å². The summed E-state index contributed by atoms with van der Waals surface area (Å²) in [5, 5.41) is 18.4. The first-order valence-corrected chi connectivity index (χ1v) is 10.9. The van der Waals surface area contributed by atoms with Crippen LogP contribution in [-0.4, -0.2) is 55.1 Å². The number of nitrogens with one attached hydrogen (secondary N) is 1. The maximum Gasteiger partial charge on any atom is 0.154 e. The molecule has 5 rings (SSSR count). The second kappa shape index (κ2) is 8.42. The Kier molecular flexibility index (Phi) is 5.43. The molecule has 1 saturated heterocycles. The summed E-state index contributed by atoms with van der Waals surface area (Å²) in [4.78, 5) is 13.1. The second-order valence-corrected chi connectivity index (χ2v) is 8.52. The monoisotopic (exact) mass is 446 g/mol. The largest absolute Gasteiger partial charge is 0.488 e. The van der Waals surface area contributed by atoms with Gasteiger partial charge in [0.15, 0.2) is 5.82 Å². The van der Waals surface area contributed by atoms with E-state index in [1.165, 1.54) is 0 Å². The minimum absolute atomic E-state index is 0.158. The molecule has 0 aliphatic carbocycles. The Morgan fingerprint density at radius 1 is 1.12 bits per heavy atom. The van der Waals surface area contributed by atoms with Crippen LogP contribution >= 0.6 is 0 Å². The third kappa shape index (κ3) is 4.64. The van der Waals surface area contributed by atoms with Gasteiger partial charge in [-0.15, -0.1) is 0 Å². The molecule has 170 valence electrons. The van der Waals surface area contributed by atoms with Gasteiger partial charge < -0.3 is 19.9 Å². The van der Waals surface area contributed by atoms with Crippen molar-refractivity contribution in [1.82, 2.24) is 24.6 Å². The van der Waals surface area contributed by atoms with E-state index in [0.717, 1.165) is 28.0 Å². The molecular weight excluding hydrogens is 420 g/mol. The van der Waals surface area contributed by atoms with Crippen LogP contribution in [0.15, 0.2) is 42.7 Å². The van der Waals surface area contributed by atoms with Crippen LogP contribution in [0.4, 0.5) is 11.6 Å². The van der Waals surface area contributed by atoms with Crippen molar-refractivity contribution in [3.05, 3.63) is 59.9 Å². The third-order valence-electron chi connectivity index (χ3n) is 5.58. The molecule has 0 bridgehead atoms. The van der Waals surface area contributed by atoms with Gasteiger partial charge in [0.05, 0.1) is 18.3 Å². The fraction of sp³-hybridized carbons (Fsp3) is 0.333. The predicted molar refractivity (Wildman–Crippen MR) is 124 cm³/mol. The van der Waals surface area contributed by atoms with E-state index in [9.17, 15) is 5.11 Å². The number of aryl methyl sites for hydroxylation is 3. The Hall–Kier alpha value is -3.56. The average molecular weight is 447 g/mol. The van der Waals surface area contributed by atoms with Crippen molar-refractivity contribution in [3.8, 4) is 16.9 Å². The second-order valence-electron chi connectivity index (χ2n) is 8.52. The van der Waals surface area contributed by atoms with E-state index in [2.05, 4.69) is 25.4 Å². The fourth-order valence-electron chi connectivity index (χ4n) is 3.95. The van der Waals surface area contributed by atoms with E-state index in [1.807, 2.05) is 57.3 Å². The molecule has 2 N–H and O–H groups in total. The molecule has 5 heterocycles.